The molecule has 3 rings (SSSR count). The predicted molar refractivity (Wildman–Crippen MR) is 67.1 cm³/mol. The highest BCUT2D eigenvalue weighted by Gasteiger charge is 2.55. The van der Waals surface area contributed by atoms with E-state index in [1.807, 2.05) is 0 Å². The van der Waals surface area contributed by atoms with Crippen molar-refractivity contribution >= 4 is 5.97 Å². The summed E-state index contributed by atoms with van der Waals surface area (Å²) in [6.07, 6.45) is 2.01. The van der Waals surface area contributed by atoms with Gasteiger partial charge < -0.3 is 19.3 Å². The van der Waals surface area contributed by atoms with Gasteiger partial charge in [-0.15, -0.1) is 0 Å². The van der Waals surface area contributed by atoms with E-state index in [1.54, 1.807) is 19.2 Å². The highest BCUT2D eigenvalue weighted by atomic mass is 16.5. The first-order valence-electron chi connectivity index (χ1n) is 6.39. The first-order chi connectivity index (χ1) is 9.19. The van der Waals surface area contributed by atoms with E-state index in [-0.39, 0.29) is 0 Å². The van der Waals surface area contributed by atoms with E-state index in [4.69, 9.17) is 14.2 Å². The normalized spacial score (nSPS) is 19.4. The van der Waals surface area contributed by atoms with Gasteiger partial charge in [0.15, 0.2) is 11.5 Å². The van der Waals surface area contributed by atoms with Crippen LogP contribution in [0, 0.1) is 0 Å². The zero-order chi connectivity index (χ0) is 13.5. The number of carbonyl (C=O) groups is 1. The summed E-state index contributed by atoms with van der Waals surface area (Å²) >= 11 is 0. The second-order valence-electron chi connectivity index (χ2n) is 4.91. The van der Waals surface area contributed by atoms with Gasteiger partial charge in [-0.05, 0) is 25.0 Å². The molecule has 19 heavy (non-hydrogen) atoms. The van der Waals surface area contributed by atoms with Gasteiger partial charge in [0.1, 0.15) is 11.2 Å². The fraction of sp³-hybridized carbons (Fsp3) is 0.500. The molecular formula is C14H16O5. The Morgan fingerprint density at radius 1 is 1.32 bits per heavy atom. The number of benzene rings is 1. The van der Waals surface area contributed by atoms with Gasteiger partial charge in [-0.3, -0.25) is 4.79 Å². The summed E-state index contributed by atoms with van der Waals surface area (Å²) in [5.74, 6) is 0.883. The molecular weight excluding hydrogens is 248 g/mol. The molecule has 1 aromatic rings. The monoisotopic (exact) mass is 264 g/mol. The fourth-order valence-electron chi connectivity index (χ4n) is 2.54. The third-order valence-corrected chi connectivity index (χ3v) is 3.73. The number of aliphatic carboxylic acids is 1. The number of rotatable bonds is 3. The molecule has 1 aromatic carbocycles. The second kappa shape index (κ2) is 4.33. The molecule has 0 unspecified atom stereocenters. The van der Waals surface area contributed by atoms with Crippen molar-refractivity contribution < 1.29 is 24.1 Å². The summed E-state index contributed by atoms with van der Waals surface area (Å²) in [5.41, 5.74) is -0.244. The smallest absolute Gasteiger partial charge is 0.314 e. The van der Waals surface area contributed by atoms with E-state index >= 15 is 0 Å². The van der Waals surface area contributed by atoms with Crippen LogP contribution >= 0.6 is 0 Å². The molecule has 1 N–H and O–H groups in total. The number of hydrogen-bond donors (Lipinski definition) is 1. The van der Waals surface area contributed by atoms with Crippen LogP contribution in [0.1, 0.15) is 24.8 Å². The lowest BCUT2D eigenvalue weighted by Gasteiger charge is -2.20. The molecule has 102 valence electrons. The highest BCUT2D eigenvalue weighted by Crippen LogP contribution is 2.57. The minimum absolute atomic E-state index is 0.531. The zero-order valence-corrected chi connectivity index (χ0v) is 10.8. The summed E-state index contributed by atoms with van der Waals surface area (Å²) in [5, 5.41) is 9.50. The Morgan fingerprint density at radius 2 is 2.05 bits per heavy atom. The molecule has 1 fully saturated rings. The maximum Gasteiger partial charge on any atom is 0.314 e. The molecule has 0 bridgehead atoms. The molecule has 2 aliphatic rings. The van der Waals surface area contributed by atoms with Crippen molar-refractivity contribution in [2.75, 3.05) is 20.3 Å². The maximum absolute atomic E-state index is 11.6. The van der Waals surface area contributed by atoms with Crippen LogP contribution in [0.5, 0.6) is 17.2 Å². The van der Waals surface area contributed by atoms with E-state index in [1.165, 1.54) is 0 Å². The van der Waals surface area contributed by atoms with Gasteiger partial charge in [0, 0.05) is 6.42 Å². The fourth-order valence-corrected chi connectivity index (χ4v) is 2.54. The average molecular weight is 264 g/mol. The maximum atomic E-state index is 11.6. The zero-order valence-electron chi connectivity index (χ0n) is 10.8. The molecule has 1 aliphatic carbocycles. The number of carboxylic acid groups (broad SMARTS) is 1. The van der Waals surface area contributed by atoms with Gasteiger partial charge >= 0.3 is 5.97 Å². The highest BCUT2D eigenvalue weighted by molar-refractivity contribution is 5.88. The minimum Gasteiger partial charge on any atom is -0.496 e. The molecule has 5 heteroatoms. The molecule has 0 atom stereocenters. The molecule has 0 radical (unpaired) electrons. The first kappa shape index (κ1) is 12.1. The summed E-state index contributed by atoms with van der Waals surface area (Å²) in [6, 6.07) is 3.53. The number of methoxy groups -OCH3 is 1. The van der Waals surface area contributed by atoms with Crippen LogP contribution in [0.3, 0.4) is 0 Å². The van der Waals surface area contributed by atoms with Gasteiger partial charge in [0.25, 0.3) is 0 Å². The van der Waals surface area contributed by atoms with Crippen LogP contribution in [0.15, 0.2) is 12.1 Å². The van der Waals surface area contributed by atoms with Gasteiger partial charge in [-0.2, -0.15) is 0 Å². The van der Waals surface area contributed by atoms with Crippen LogP contribution in [0.4, 0.5) is 0 Å². The number of hydrogen-bond acceptors (Lipinski definition) is 4. The van der Waals surface area contributed by atoms with Crippen molar-refractivity contribution in [1.29, 1.82) is 0 Å². The van der Waals surface area contributed by atoms with Crippen LogP contribution in [-0.4, -0.2) is 31.4 Å². The SMILES string of the molecule is COc1ccc2c(c1C1(C(=O)O)CC1)OCCCO2. The third kappa shape index (κ3) is 1.80. The molecule has 0 spiro atoms. The van der Waals surface area contributed by atoms with Gasteiger partial charge in [0.05, 0.1) is 25.9 Å². The molecule has 5 nitrogen and oxygen atoms in total. The lowest BCUT2D eigenvalue weighted by atomic mass is 9.93. The minimum atomic E-state index is -0.871. The van der Waals surface area contributed by atoms with Crippen molar-refractivity contribution in [3.63, 3.8) is 0 Å². The summed E-state index contributed by atoms with van der Waals surface area (Å²) in [7, 11) is 1.54. The molecule has 1 saturated carbocycles. The molecule has 1 aliphatic heterocycles. The van der Waals surface area contributed by atoms with Crippen molar-refractivity contribution in [1.82, 2.24) is 0 Å². The van der Waals surface area contributed by atoms with E-state index < -0.39 is 11.4 Å². The summed E-state index contributed by atoms with van der Waals surface area (Å²) in [6.45, 7) is 1.11. The lowest BCUT2D eigenvalue weighted by molar-refractivity contribution is -0.140. The summed E-state index contributed by atoms with van der Waals surface area (Å²) < 4.78 is 16.7. The second-order valence-corrected chi connectivity index (χ2v) is 4.91. The molecule has 1 heterocycles. The van der Waals surface area contributed by atoms with E-state index in [0.29, 0.717) is 48.9 Å². The Kier molecular flexibility index (Phi) is 2.77. The predicted octanol–water partition coefficient (Wildman–Crippen LogP) is 1.97. The Hall–Kier alpha value is -1.91. The van der Waals surface area contributed by atoms with Gasteiger partial charge in [0.2, 0.25) is 0 Å². The van der Waals surface area contributed by atoms with Gasteiger partial charge in [-0.1, -0.05) is 0 Å². The molecule has 0 amide bonds. The Morgan fingerprint density at radius 3 is 2.68 bits per heavy atom. The van der Waals surface area contributed by atoms with Crippen molar-refractivity contribution in [3.8, 4) is 17.2 Å². The van der Waals surface area contributed by atoms with Crippen molar-refractivity contribution in [2.45, 2.75) is 24.7 Å². The van der Waals surface area contributed by atoms with Crippen molar-refractivity contribution in [3.05, 3.63) is 17.7 Å². The third-order valence-electron chi connectivity index (χ3n) is 3.73. The Bertz CT molecular complexity index is 519. The Balaban J connectivity index is 2.18. The lowest BCUT2D eigenvalue weighted by Crippen LogP contribution is -2.21. The largest absolute Gasteiger partial charge is 0.496 e. The molecule has 0 saturated heterocycles. The van der Waals surface area contributed by atoms with E-state index in [9.17, 15) is 9.90 Å². The first-order valence-corrected chi connectivity index (χ1v) is 6.39. The van der Waals surface area contributed by atoms with Crippen LogP contribution < -0.4 is 14.2 Å². The topological polar surface area (TPSA) is 65.0 Å². The average Bonchev–Trinajstić information content (AvgIpc) is 3.21. The van der Waals surface area contributed by atoms with Gasteiger partial charge in [-0.25, -0.2) is 0 Å². The number of ether oxygens (including phenoxy) is 3. The van der Waals surface area contributed by atoms with Crippen LogP contribution in [-0.2, 0) is 10.2 Å². The Labute approximate surface area is 111 Å². The summed E-state index contributed by atoms with van der Waals surface area (Å²) in [4.78, 5) is 11.6. The quantitative estimate of drug-likeness (QED) is 0.904. The van der Waals surface area contributed by atoms with E-state index in [2.05, 4.69) is 0 Å². The van der Waals surface area contributed by atoms with E-state index in [0.717, 1.165) is 6.42 Å². The van der Waals surface area contributed by atoms with Crippen LogP contribution in [0.25, 0.3) is 0 Å². The van der Waals surface area contributed by atoms with Crippen LogP contribution in [0.2, 0.25) is 0 Å². The molecule has 0 aromatic heterocycles. The standard InChI is InChI=1S/C14H16O5/c1-17-9-3-4-10-12(19-8-2-7-18-10)11(9)14(5-6-14)13(15)16/h3-4H,2,5-8H2,1H3,(H,15,16). The number of fused-ring (bicyclic) bond motifs is 1. The number of carboxylic acids is 1. The van der Waals surface area contributed by atoms with Crippen molar-refractivity contribution in [2.24, 2.45) is 0 Å².